The zero-order valence-corrected chi connectivity index (χ0v) is 36.0. The zero-order chi connectivity index (χ0) is 43.6. The highest BCUT2D eigenvalue weighted by molar-refractivity contribution is 6.26. The molecule has 0 fully saturated rings. The van der Waals surface area contributed by atoms with E-state index in [1.165, 1.54) is 76.5 Å². The van der Waals surface area contributed by atoms with E-state index in [2.05, 4.69) is 254 Å². The summed E-state index contributed by atoms with van der Waals surface area (Å²) in [4.78, 5) is 2.35. The predicted octanol–water partition coefficient (Wildman–Crippen LogP) is 18.3. The van der Waals surface area contributed by atoms with Crippen LogP contribution in [0.1, 0.15) is 0 Å². The smallest absolute Gasteiger partial charge is 0.143 e. The molecule has 0 saturated heterocycles. The summed E-state index contributed by atoms with van der Waals surface area (Å²) >= 11 is 0. The molecule has 1 heterocycles. The normalized spacial score (nSPS) is 11.6. The number of fused-ring (bicyclic) bond motifs is 10. The first kappa shape index (κ1) is 37.8. The second-order valence-corrected chi connectivity index (χ2v) is 17.2. The minimum absolute atomic E-state index is 0.858. The van der Waals surface area contributed by atoms with Gasteiger partial charge in [0.15, 0.2) is 0 Å². The van der Waals surface area contributed by atoms with Crippen LogP contribution < -0.4 is 4.90 Å². The molecule has 0 amide bonds. The van der Waals surface area contributed by atoms with Crippen LogP contribution in [0.5, 0.6) is 0 Å². The van der Waals surface area contributed by atoms with Crippen molar-refractivity contribution in [2.75, 3.05) is 4.90 Å². The number of benzene rings is 12. The van der Waals surface area contributed by atoms with Crippen molar-refractivity contribution in [1.82, 2.24) is 0 Å². The Morgan fingerprint density at radius 3 is 1.26 bits per heavy atom. The molecule has 0 spiro atoms. The van der Waals surface area contributed by atoms with Gasteiger partial charge >= 0.3 is 0 Å². The molecular weight excluding hydrogens is 799 g/mol. The van der Waals surface area contributed by atoms with E-state index in [1.807, 2.05) is 0 Å². The lowest BCUT2D eigenvalue weighted by Gasteiger charge is -2.26. The highest BCUT2D eigenvalue weighted by Gasteiger charge is 2.20. The van der Waals surface area contributed by atoms with Crippen LogP contribution in [0.3, 0.4) is 0 Å². The molecule has 0 N–H and O–H groups in total. The van der Waals surface area contributed by atoms with E-state index >= 15 is 0 Å². The Kier molecular flexibility index (Phi) is 8.89. The van der Waals surface area contributed by atoms with Gasteiger partial charge in [-0.2, -0.15) is 0 Å². The fraction of sp³-hybridized carbons (Fsp3) is 0. The van der Waals surface area contributed by atoms with Crippen LogP contribution in [-0.2, 0) is 0 Å². The van der Waals surface area contributed by atoms with Gasteiger partial charge in [-0.1, -0.05) is 194 Å². The van der Waals surface area contributed by atoms with Crippen LogP contribution in [0.2, 0.25) is 0 Å². The van der Waals surface area contributed by atoms with E-state index in [1.54, 1.807) is 0 Å². The fourth-order valence-electron chi connectivity index (χ4n) is 10.2. The summed E-state index contributed by atoms with van der Waals surface area (Å²) in [7, 11) is 0. The maximum absolute atomic E-state index is 6.94. The maximum atomic E-state index is 6.94. The summed E-state index contributed by atoms with van der Waals surface area (Å²) < 4.78 is 6.94. The number of anilines is 3. The molecule has 0 unspecified atom stereocenters. The molecule has 0 atom stereocenters. The number of nitrogens with zero attached hydrogens (tertiary/aromatic N) is 1. The standard InChI is InChI=1S/C64H41NO/c1-3-13-42(14-4-1)44-27-32-50(33-28-44)65(51-34-29-45(30-35-51)43-15-5-2-6-16-43)52-36-38-62-60(41-52)61-40-49-17-7-8-18-53(49)63(64(61)66-62)47-25-23-46(24-26-47)48-31-37-58-56-21-10-9-19-54(56)55-20-11-12-22-57(55)59(58)39-48/h1-41H. The summed E-state index contributed by atoms with van der Waals surface area (Å²) in [6.07, 6.45) is 0. The van der Waals surface area contributed by atoms with E-state index in [9.17, 15) is 0 Å². The van der Waals surface area contributed by atoms with Crippen molar-refractivity contribution >= 4 is 82.1 Å². The number of hydrogen-bond acceptors (Lipinski definition) is 2. The molecule has 0 radical (unpaired) electrons. The van der Waals surface area contributed by atoms with Crippen molar-refractivity contribution < 1.29 is 4.42 Å². The monoisotopic (exact) mass is 839 g/mol. The van der Waals surface area contributed by atoms with Gasteiger partial charge in [0.05, 0.1) is 0 Å². The average molecular weight is 840 g/mol. The molecule has 13 aromatic rings. The summed E-state index contributed by atoms with van der Waals surface area (Å²) in [6, 6.07) is 90.0. The lowest BCUT2D eigenvalue weighted by atomic mass is 9.91. The van der Waals surface area contributed by atoms with E-state index in [0.29, 0.717) is 0 Å². The Hall–Kier alpha value is -8.72. The van der Waals surface area contributed by atoms with Crippen LogP contribution in [-0.4, -0.2) is 0 Å². The second-order valence-electron chi connectivity index (χ2n) is 17.2. The van der Waals surface area contributed by atoms with Crippen LogP contribution in [0.4, 0.5) is 17.1 Å². The van der Waals surface area contributed by atoms with E-state index in [4.69, 9.17) is 4.42 Å². The SMILES string of the molecule is c1ccc(-c2ccc(N(c3ccc(-c4ccccc4)cc3)c3ccc4oc5c(-c6ccc(-c7ccc8c9ccccc9c9ccccc9c8c7)cc6)c6ccccc6cc5c4c3)cc2)cc1. The van der Waals surface area contributed by atoms with E-state index in [-0.39, 0.29) is 0 Å². The van der Waals surface area contributed by atoms with Crippen molar-refractivity contribution in [3.8, 4) is 44.5 Å². The van der Waals surface area contributed by atoms with Gasteiger partial charge < -0.3 is 9.32 Å². The van der Waals surface area contributed by atoms with Gasteiger partial charge in [0.1, 0.15) is 11.2 Å². The molecule has 0 aliphatic carbocycles. The van der Waals surface area contributed by atoms with Crippen molar-refractivity contribution in [3.05, 3.63) is 249 Å². The average Bonchev–Trinajstić information content (AvgIpc) is 3.76. The van der Waals surface area contributed by atoms with E-state index in [0.717, 1.165) is 50.1 Å². The Labute approximate surface area is 382 Å². The molecule has 12 aromatic carbocycles. The number of hydrogen-bond donors (Lipinski definition) is 0. The van der Waals surface area contributed by atoms with Crippen molar-refractivity contribution in [2.24, 2.45) is 0 Å². The first-order valence-electron chi connectivity index (χ1n) is 22.7. The lowest BCUT2D eigenvalue weighted by Crippen LogP contribution is -2.09. The van der Waals surface area contributed by atoms with Gasteiger partial charge in [-0.15, -0.1) is 0 Å². The molecule has 0 saturated carbocycles. The fourth-order valence-corrected chi connectivity index (χ4v) is 10.2. The Morgan fingerprint density at radius 1 is 0.242 bits per heavy atom. The molecule has 66 heavy (non-hydrogen) atoms. The summed E-state index contributed by atoms with van der Waals surface area (Å²) in [5, 5.41) is 12.2. The third kappa shape index (κ3) is 6.34. The van der Waals surface area contributed by atoms with Crippen LogP contribution in [0, 0.1) is 0 Å². The van der Waals surface area contributed by atoms with Gasteiger partial charge in [0, 0.05) is 33.4 Å². The number of furan rings is 1. The molecule has 1 aromatic heterocycles. The number of rotatable bonds is 7. The Balaban J connectivity index is 0.928. The third-order valence-electron chi connectivity index (χ3n) is 13.4. The molecule has 308 valence electrons. The van der Waals surface area contributed by atoms with Gasteiger partial charge in [0.25, 0.3) is 0 Å². The van der Waals surface area contributed by atoms with Crippen LogP contribution in [0.15, 0.2) is 253 Å². The van der Waals surface area contributed by atoms with Gasteiger partial charge in [-0.3, -0.25) is 0 Å². The first-order valence-corrected chi connectivity index (χ1v) is 22.7. The van der Waals surface area contributed by atoms with Gasteiger partial charge in [0.2, 0.25) is 0 Å². The van der Waals surface area contributed by atoms with Gasteiger partial charge in [-0.25, -0.2) is 0 Å². The largest absolute Gasteiger partial charge is 0.455 e. The third-order valence-corrected chi connectivity index (χ3v) is 13.4. The lowest BCUT2D eigenvalue weighted by molar-refractivity contribution is 0.670. The van der Waals surface area contributed by atoms with Crippen LogP contribution in [0.25, 0.3) is 110 Å². The molecular formula is C64H41NO. The quantitative estimate of drug-likeness (QED) is 0.149. The minimum Gasteiger partial charge on any atom is -0.455 e. The molecule has 13 rings (SSSR count). The second kappa shape index (κ2) is 15.5. The van der Waals surface area contributed by atoms with Gasteiger partial charge in [-0.05, 0) is 137 Å². The van der Waals surface area contributed by atoms with Crippen molar-refractivity contribution in [2.45, 2.75) is 0 Å². The highest BCUT2D eigenvalue weighted by atomic mass is 16.3. The van der Waals surface area contributed by atoms with Crippen molar-refractivity contribution in [1.29, 1.82) is 0 Å². The minimum atomic E-state index is 0.858. The van der Waals surface area contributed by atoms with E-state index < -0.39 is 0 Å². The molecule has 2 nitrogen and oxygen atoms in total. The Bertz CT molecular complexity index is 3830. The first-order chi connectivity index (χ1) is 32.7. The molecule has 0 aliphatic rings. The summed E-state index contributed by atoms with van der Waals surface area (Å²) in [5.74, 6) is 0. The zero-order valence-electron chi connectivity index (χ0n) is 36.0. The predicted molar refractivity (Wildman–Crippen MR) is 280 cm³/mol. The molecule has 2 heteroatoms. The Morgan fingerprint density at radius 2 is 0.667 bits per heavy atom. The highest BCUT2D eigenvalue weighted by Crippen LogP contribution is 2.45. The summed E-state index contributed by atoms with van der Waals surface area (Å²) in [6.45, 7) is 0. The van der Waals surface area contributed by atoms with Crippen molar-refractivity contribution in [3.63, 3.8) is 0 Å². The van der Waals surface area contributed by atoms with Crippen LogP contribution >= 0.6 is 0 Å². The molecule has 0 aliphatic heterocycles. The summed E-state index contributed by atoms with van der Waals surface area (Å²) in [5.41, 5.74) is 14.3. The maximum Gasteiger partial charge on any atom is 0.143 e. The molecule has 0 bridgehead atoms. The topological polar surface area (TPSA) is 16.4 Å².